The third kappa shape index (κ3) is 27.7. The number of cyclic esters (lactones) is 1. The monoisotopic (exact) mass is 1730 g/mol. The normalized spacial score (nSPS) is 21.4. The van der Waals surface area contributed by atoms with Crippen LogP contribution in [-0.2, 0) is 159 Å². The fraction of sp³-hybridized carbons (Fsp3) is 0.654. The number of ether oxygens (including phenoxy) is 18. The van der Waals surface area contributed by atoms with E-state index in [4.69, 9.17) is 96.0 Å². The Kier molecular flexibility index (Phi) is 39.0. The van der Waals surface area contributed by atoms with Crippen molar-refractivity contribution in [1.29, 1.82) is 0 Å². The minimum absolute atomic E-state index is 0.000646. The molecule has 7 heterocycles. The predicted octanol–water partition coefficient (Wildman–Crippen LogP) is -1.69. The van der Waals surface area contributed by atoms with Crippen LogP contribution in [0, 0.1) is 0 Å². The number of nitrogens with two attached hydrogens (primary N) is 1. The molecule has 3 saturated heterocycles. The number of carboxylic acids is 1. The van der Waals surface area contributed by atoms with Crippen molar-refractivity contribution in [1.82, 2.24) is 36.1 Å². The van der Waals surface area contributed by atoms with Crippen molar-refractivity contribution >= 4 is 64.2 Å². The number of benzene rings is 2. The van der Waals surface area contributed by atoms with Crippen LogP contribution in [0.5, 0.6) is 5.75 Å². The number of carbonyl (C=O) groups is 8. The Balaban J connectivity index is 0.548. The lowest BCUT2D eigenvalue weighted by Crippen LogP contribution is -2.61. The molecule has 0 unspecified atom stereocenters. The van der Waals surface area contributed by atoms with E-state index in [1.807, 2.05) is 0 Å². The number of alkyl carbamates (subject to hydrolysis) is 1. The minimum atomic E-state index is -2.02. The number of fused-ring (bicyclic) bond motifs is 6. The molecule has 41 heteroatoms. The number of rotatable bonds is 57. The number of carbonyl (C=O) groups excluding carboxylic acids is 7. The lowest BCUT2D eigenvalue weighted by Gasteiger charge is -2.38. The summed E-state index contributed by atoms with van der Waals surface area (Å²) in [5.74, 6) is -4.91. The van der Waals surface area contributed by atoms with Gasteiger partial charge in [0, 0.05) is 67.2 Å². The van der Waals surface area contributed by atoms with Crippen LogP contribution in [-0.4, -0.2) is 329 Å². The summed E-state index contributed by atoms with van der Waals surface area (Å²) in [6.45, 7) is 10.5. The van der Waals surface area contributed by atoms with Crippen molar-refractivity contribution < 1.29 is 149 Å². The Labute approximate surface area is 703 Å². The van der Waals surface area contributed by atoms with Crippen molar-refractivity contribution in [2.24, 2.45) is 5.73 Å². The number of aryl methyl sites for hydroxylation is 2. The predicted molar refractivity (Wildman–Crippen MR) is 425 cm³/mol. The number of carboxylic acid groups (broad SMARTS) is 1. The van der Waals surface area contributed by atoms with Gasteiger partial charge in [-0.05, 0) is 85.5 Å². The Morgan fingerprint density at radius 1 is 0.623 bits per heavy atom. The van der Waals surface area contributed by atoms with Crippen molar-refractivity contribution in [3.63, 3.8) is 0 Å². The molecule has 1 aliphatic carbocycles. The molecule has 10 rings (SSSR count). The molecular formula is C81H115N9O32. The lowest BCUT2D eigenvalue weighted by molar-refractivity contribution is -0.271. The van der Waals surface area contributed by atoms with Gasteiger partial charge in [-0.25, -0.2) is 19.4 Å². The number of esters is 1. The van der Waals surface area contributed by atoms with Gasteiger partial charge in [0.05, 0.1) is 212 Å². The molecule has 0 radical (unpaired) electrons. The molecule has 0 spiro atoms. The molecule has 41 nitrogen and oxygen atoms in total. The quantitative estimate of drug-likeness (QED) is 0.0153. The van der Waals surface area contributed by atoms with Gasteiger partial charge in [-0.3, -0.25) is 28.8 Å². The van der Waals surface area contributed by atoms with E-state index in [-0.39, 0.29) is 131 Å². The van der Waals surface area contributed by atoms with E-state index in [2.05, 4.69) is 31.9 Å². The molecule has 13 N–H and O–H groups in total. The van der Waals surface area contributed by atoms with Crippen LogP contribution in [0.3, 0.4) is 0 Å². The lowest BCUT2D eigenvalue weighted by atomic mass is 9.85. The molecule has 4 aromatic rings. The fourth-order valence-corrected chi connectivity index (χ4v) is 14.5. The van der Waals surface area contributed by atoms with Crippen LogP contribution < -0.4 is 47.9 Å². The number of anilines is 1. The van der Waals surface area contributed by atoms with Gasteiger partial charge in [0.15, 0.2) is 11.7 Å². The average Bonchev–Trinajstić information content (AvgIpc) is 1.51. The summed E-state index contributed by atoms with van der Waals surface area (Å²) >= 11 is 0. The van der Waals surface area contributed by atoms with Gasteiger partial charge in [-0.15, -0.1) is 0 Å². The zero-order chi connectivity index (χ0) is 86.8. The number of aliphatic hydroxyl groups is 4. The minimum Gasteiger partial charge on any atom is -0.479 e. The molecule has 11 atom stereocenters. The van der Waals surface area contributed by atoms with Crippen LogP contribution in [0.15, 0.2) is 41.2 Å². The van der Waals surface area contributed by atoms with E-state index in [9.17, 15) is 68.7 Å². The third-order valence-corrected chi connectivity index (χ3v) is 20.9. The third-order valence-electron chi connectivity index (χ3n) is 20.9. The topological polar surface area (TPSA) is 537 Å². The van der Waals surface area contributed by atoms with Crippen LogP contribution >= 0.6 is 0 Å². The molecule has 5 aliphatic heterocycles. The second-order valence-corrected chi connectivity index (χ2v) is 29.4. The zero-order valence-electron chi connectivity index (χ0n) is 68.8. The van der Waals surface area contributed by atoms with E-state index >= 15 is 0 Å². The van der Waals surface area contributed by atoms with E-state index in [0.29, 0.717) is 186 Å². The number of nitrogens with one attached hydrogen (secondary N) is 6. The van der Waals surface area contributed by atoms with E-state index < -0.39 is 116 Å². The SMILES string of the molecule is CC[C@@]1(O)C(=O)OCc2c1cc1n(c2=O)Cc2c-1nc1ccc(NC(=O)CNC(=O)OCc3ccc(O[C@@H]4O[C@H](C(=O)O)[C@@H](O)[C@H](O)[C@H]4O)c(CNC(=O)CCNC(=O)[C@@H](N)CCCC(=O)N[C@H]4CO[C@H]5[C@@H]4OC[C@@H]5NC(=O)CCOCCOCCOCCOCCOCCOCCOCCOCCOCCOCCOCCOC)c3)c3c1c2CCC3. The number of hydrogen-bond acceptors (Lipinski definition) is 33. The summed E-state index contributed by atoms with van der Waals surface area (Å²) in [5, 5.41) is 69.9. The highest BCUT2D eigenvalue weighted by atomic mass is 16.7. The van der Waals surface area contributed by atoms with Gasteiger partial charge < -0.3 is 153 Å². The van der Waals surface area contributed by atoms with Crippen LogP contribution in [0.1, 0.15) is 90.8 Å². The smallest absolute Gasteiger partial charge is 0.407 e. The summed E-state index contributed by atoms with van der Waals surface area (Å²) < 4.78 is 101. The summed E-state index contributed by atoms with van der Waals surface area (Å²) in [4.78, 5) is 122. The van der Waals surface area contributed by atoms with Crippen LogP contribution in [0.2, 0.25) is 0 Å². The molecule has 2 aromatic heterocycles. The highest BCUT2D eigenvalue weighted by Crippen LogP contribution is 2.44. The summed E-state index contributed by atoms with van der Waals surface area (Å²) in [6.07, 6.45) is -9.64. The molecule has 122 heavy (non-hydrogen) atoms. The Bertz CT molecular complexity index is 4160. The maximum Gasteiger partial charge on any atom is 0.407 e. The van der Waals surface area contributed by atoms with Gasteiger partial charge in [-0.2, -0.15) is 0 Å². The van der Waals surface area contributed by atoms with Gasteiger partial charge in [0.1, 0.15) is 56.0 Å². The number of hydrogen-bond donors (Lipinski definition) is 12. The van der Waals surface area contributed by atoms with Crippen LogP contribution in [0.25, 0.3) is 22.3 Å². The largest absolute Gasteiger partial charge is 0.479 e. The molecule has 676 valence electrons. The molecule has 2 aromatic carbocycles. The Morgan fingerprint density at radius 3 is 1.75 bits per heavy atom. The highest BCUT2D eigenvalue weighted by Gasteiger charge is 2.51. The maximum absolute atomic E-state index is 13.9. The van der Waals surface area contributed by atoms with Gasteiger partial charge >= 0.3 is 18.0 Å². The van der Waals surface area contributed by atoms with E-state index in [1.54, 1.807) is 36.8 Å². The molecule has 0 bridgehead atoms. The van der Waals surface area contributed by atoms with Crippen molar-refractivity contribution in [3.05, 3.63) is 85.7 Å². The Hall–Kier alpha value is -8.64. The maximum atomic E-state index is 13.9. The Morgan fingerprint density at radius 2 is 1.18 bits per heavy atom. The number of methoxy groups -OCH3 is 1. The first kappa shape index (κ1) is 95.6. The number of aliphatic carboxylic acids is 1. The zero-order valence-corrected chi connectivity index (χ0v) is 68.8. The second-order valence-electron chi connectivity index (χ2n) is 29.4. The number of nitrogens with zero attached hydrogens (tertiary/aromatic N) is 2. The van der Waals surface area contributed by atoms with Crippen molar-refractivity contribution in [2.45, 2.75) is 158 Å². The average molecular weight is 1730 g/mol. The molecule has 6 aliphatic rings. The summed E-state index contributed by atoms with van der Waals surface area (Å²) in [7, 11) is 1.63. The van der Waals surface area contributed by atoms with Crippen molar-refractivity contribution in [2.75, 3.05) is 191 Å². The summed E-state index contributed by atoms with van der Waals surface area (Å²) in [5.41, 5.74) is 9.45. The first-order valence-electron chi connectivity index (χ1n) is 41.2. The van der Waals surface area contributed by atoms with Gasteiger partial charge in [-0.1, -0.05) is 13.0 Å². The fourth-order valence-electron chi connectivity index (χ4n) is 14.5. The van der Waals surface area contributed by atoms with Crippen LogP contribution in [0.4, 0.5) is 10.5 Å². The molecular weight excluding hydrogens is 1610 g/mol. The highest BCUT2D eigenvalue weighted by molar-refractivity contribution is 6.00. The molecule has 6 amide bonds. The van der Waals surface area contributed by atoms with E-state index in [1.165, 1.54) is 18.2 Å². The molecule has 0 saturated carbocycles. The second kappa shape index (κ2) is 49.7. The first-order chi connectivity index (χ1) is 59.2. The van der Waals surface area contributed by atoms with E-state index in [0.717, 1.165) is 22.1 Å². The number of aliphatic hydroxyl groups excluding tert-OH is 3. The van der Waals surface area contributed by atoms with Gasteiger partial charge in [0.2, 0.25) is 35.8 Å². The molecule has 3 fully saturated rings. The van der Waals surface area contributed by atoms with Gasteiger partial charge in [0.25, 0.3) is 5.56 Å². The summed E-state index contributed by atoms with van der Waals surface area (Å²) in [6, 6.07) is 7.36. The van der Waals surface area contributed by atoms with Crippen molar-refractivity contribution in [3.8, 4) is 17.1 Å². The standard InChI is InChI=1S/C81H115N9O32/c1-3-81(104)55-41-61-68-53(44-90(61)76(99)54(55)46-119-79(81)102)51-6-4-7-52-57(11-12-58(89-68)67(51)52)86-66(94)43-85-80(103)120-45-49-10-13-62(121-78-71(97)69(95)70(96)74(122-78)77(100)101)50(40-49)42-84-63(91)14-16-83-75(98)56(82)8-5-9-64(92)87-59-47-117-73-60(48-118-72(59)73)88-65(93)15-17-106-20-21-108-24-25-110-28-29-112-32-33-114-36-37-116-39-38-115-35-34-113-31-30-111-27-26-109-23-22-107-19-18-105-2/h10-13,40-41,56,59-60,69-74,78,95-97,104H,3-9,14-39,42-48,82H2,1-2H3,(H,83,98)(H,84,91)(H,85,103)(H,86,94)(H,87,92)(H,88,93)(H,100,101)/t56-,59-,60-,69-,70-,71+,72+,73+,74-,78+,81-/m0/s1. The first-order valence-corrected chi connectivity index (χ1v) is 41.2. The number of amides is 6. The number of pyridine rings is 2. The number of aromatic nitrogens is 2.